The molecule has 7 heteroatoms. The van der Waals surface area contributed by atoms with Gasteiger partial charge in [-0.25, -0.2) is 9.78 Å². The SMILES string of the molecule is Cc1nc(C(=O)Nc2ccc(Br)c(Cl)c2)ccc1C(=O)O. The van der Waals surface area contributed by atoms with Crippen LogP contribution in [0.4, 0.5) is 5.69 Å². The highest BCUT2D eigenvalue weighted by Gasteiger charge is 2.13. The van der Waals surface area contributed by atoms with Gasteiger partial charge in [0, 0.05) is 10.2 Å². The lowest BCUT2D eigenvalue weighted by Crippen LogP contribution is -2.15. The fourth-order valence-corrected chi connectivity index (χ4v) is 2.11. The topological polar surface area (TPSA) is 79.3 Å². The number of aromatic carboxylic acids is 1. The van der Waals surface area contributed by atoms with Crippen molar-refractivity contribution in [3.63, 3.8) is 0 Å². The van der Waals surface area contributed by atoms with Crippen LogP contribution >= 0.6 is 27.5 Å². The van der Waals surface area contributed by atoms with Crippen molar-refractivity contribution >= 4 is 45.1 Å². The average Bonchev–Trinajstić information content (AvgIpc) is 2.42. The van der Waals surface area contributed by atoms with E-state index in [9.17, 15) is 9.59 Å². The van der Waals surface area contributed by atoms with Crippen LogP contribution in [0.2, 0.25) is 5.02 Å². The molecule has 0 spiro atoms. The maximum atomic E-state index is 12.1. The van der Waals surface area contributed by atoms with Crippen LogP contribution in [-0.2, 0) is 0 Å². The summed E-state index contributed by atoms with van der Waals surface area (Å²) >= 11 is 9.20. The van der Waals surface area contributed by atoms with Crippen molar-refractivity contribution < 1.29 is 14.7 Å². The van der Waals surface area contributed by atoms with Gasteiger partial charge >= 0.3 is 5.97 Å². The molecule has 1 aromatic carbocycles. The van der Waals surface area contributed by atoms with Crippen molar-refractivity contribution in [1.29, 1.82) is 0 Å². The largest absolute Gasteiger partial charge is 0.478 e. The van der Waals surface area contributed by atoms with Crippen molar-refractivity contribution in [2.45, 2.75) is 6.92 Å². The molecule has 0 aliphatic carbocycles. The Labute approximate surface area is 134 Å². The minimum Gasteiger partial charge on any atom is -0.478 e. The number of aromatic nitrogens is 1. The Morgan fingerprint density at radius 1 is 1.29 bits per heavy atom. The third-order valence-corrected chi connectivity index (χ3v) is 3.96. The predicted molar refractivity (Wildman–Crippen MR) is 83.0 cm³/mol. The summed E-state index contributed by atoms with van der Waals surface area (Å²) in [5.41, 5.74) is 1.01. The lowest BCUT2D eigenvalue weighted by atomic mass is 10.2. The van der Waals surface area contributed by atoms with E-state index in [1.54, 1.807) is 18.2 Å². The van der Waals surface area contributed by atoms with E-state index in [1.165, 1.54) is 19.1 Å². The lowest BCUT2D eigenvalue weighted by Gasteiger charge is -2.07. The summed E-state index contributed by atoms with van der Waals surface area (Å²) in [6.07, 6.45) is 0. The molecule has 0 atom stereocenters. The highest BCUT2D eigenvalue weighted by atomic mass is 79.9. The average molecular weight is 370 g/mol. The van der Waals surface area contributed by atoms with Gasteiger partial charge in [-0.05, 0) is 53.2 Å². The van der Waals surface area contributed by atoms with E-state index in [2.05, 4.69) is 26.2 Å². The molecule has 0 fully saturated rings. The maximum Gasteiger partial charge on any atom is 0.337 e. The number of hydrogen-bond donors (Lipinski definition) is 2. The van der Waals surface area contributed by atoms with Gasteiger partial charge in [0.1, 0.15) is 5.69 Å². The van der Waals surface area contributed by atoms with Crippen molar-refractivity contribution in [1.82, 2.24) is 4.98 Å². The van der Waals surface area contributed by atoms with E-state index >= 15 is 0 Å². The van der Waals surface area contributed by atoms with Crippen LogP contribution in [0.25, 0.3) is 0 Å². The number of halogens is 2. The van der Waals surface area contributed by atoms with Gasteiger partial charge in [-0.3, -0.25) is 4.79 Å². The van der Waals surface area contributed by atoms with E-state index < -0.39 is 11.9 Å². The first-order chi connectivity index (χ1) is 9.88. The molecule has 2 N–H and O–H groups in total. The number of carbonyl (C=O) groups is 2. The molecular formula is C14H10BrClN2O3. The van der Waals surface area contributed by atoms with Crippen LogP contribution in [0.3, 0.4) is 0 Å². The van der Waals surface area contributed by atoms with Gasteiger partial charge in [-0.1, -0.05) is 11.6 Å². The molecule has 108 valence electrons. The van der Waals surface area contributed by atoms with Gasteiger partial charge in [0.05, 0.1) is 16.3 Å². The normalized spacial score (nSPS) is 10.2. The van der Waals surface area contributed by atoms with E-state index in [1.807, 2.05) is 0 Å². The molecule has 1 aromatic heterocycles. The zero-order chi connectivity index (χ0) is 15.6. The van der Waals surface area contributed by atoms with E-state index in [0.717, 1.165) is 4.47 Å². The van der Waals surface area contributed by atoms with Crippen LogP contribution in [0.5, 0.6) is 0 Å². The van der Waals surface area contributed by atoms with Crippen LogP contribution in [0.15, 0.2) is 34.8 Å². The van der Waals surface area contributed by atoms with Gasteiger partial charge in [0.25, 0.3) is 5.91 Å². The van der Waals surface area contributed by atoms with Crippen molar-refractivity contribution in [3.05, 3.63) is 56.8 Å². The van der Waals surface area contributed by atoms with Crippen LogP contribution in [0, 0.1) is 6.92 Å². The smallest absolute Gasteiger partial charge is 0.337 e. The Bertz CT molecular complexity index is 734. The fraction of sp³-hybridized carbons (Fsp3) is 0.0714. The molecule has 2 rings (SSSR count). The number of nitrogens with one attached hydrogen (secondary N) is 1. The van der Waals surface area contributed by atoms with Gasteiger partial charge in [-0.15, -0.1) is 0 Å². The number of hydrogen-bond acceptors (Lipinski definition) is 3. The number of pyridine rings is 1. The van der Waals surface area contributed by atoms with Crippen LogP contribution in [0.1, 0.15) is 26.5 Å². The summed E-state index contributed by atoms with van der Waals surface area (Å²) in [5, 5.41) is 12.0. The minimum atomic E-state index is -1.08. The number of benzene rings is 1. The number of carboxylic acids is 1. The first-order valence-electron chi connectivity index (χ1n) is 5.86. The summed E-state index contributed by atoms with van der Waals surface area (Å²) in [5.74, 6) is -1.51. The molecule has 2 aromatic rings. The van der Waals surface area contributed by atoms with Crippen LogP contribution in [-0.4, -0.2) is 22.0 Å². The lowest BCUT2D eigenvalue weighted by molar-refractivity contribution is 0.0695. The van der Waals surface area contributed by atoms with Crippen molar-refractivity contribution in [2.75, 3.05) is 5.32 Å². The second kappa shape index (κ2) is 6.24. The van der Waals surface area contributed by atoms with Gasteiger partial charge in [0.2, 0.25) is 0 Å². The monoisotopic (exact) mass is 368 g/mol. The Balaban J connectivity index is 2.22. The third kappa shape index (κ3) is 3.59. The second-order valence-electron chi connectivity index (χ2n) is 4.22. The molecular weight excluding hydrogens is 360 g/mol. The Morgan fingerprint density at radius 2 is 2.00 bits per heavy atom. The zero-order valence-corrected chi connectivity index (χ0v) is 13.2. The number of amides is 1. The van der Waals surface area contributed by atoms with Gasteiger partial charge in [0.15, 0.2) is 0 Å². The number of nitrogens with zero attached hydrogens (tertiary/aromatic N) is 1. The molecule has 0 aliphatic heterocycles. The molecule has 1 heterocycles. The predicted octanol–water partition coefficient (Wildman–Crippen LogP) is 3.76. The first kappa shape index (κ1) is 15.5. The fourth-order valence-electron chi connectivity index (χ4n) is 1.68. The number of aryl methyl sites for hydroxylation is 1. The number of carbonyl (C=O) groups excluding carboxylic acids is 1. The molecule has 5 nitrogen and oxygen atoms in total. The maximum absolute atomic E-state index is 12.1. The Hall–Kier alpha value is -1.92. The van der Waals surface area contributed by atoms with Crippen molar-refractivity contribution in [2.24, 2.45) is 0 Å². The second-order valence-corrected chi connectivity index (χ2v) is 5.48. The third-order valence-electron chi connectivity index (χ3n) is 2.73. The summed E-state index contributed by atoms with van der Waals surface area (Å²) in [7, 11) is 0. The summed E-state index contributed by atoms with van der Waals surface area (Å²) in [6, 6.07) is 7.72. The van der Waals surface area contributed by atoms with E-state index in [0.29, 0.717) is 10.7 Å². The summed E-state index contributed by atoms with van der Waals surface area (Å²) in [6.45, 7) is 1.54. The Kier molecular flexibility index (Phi) is 4.59. The highest BCUT2D eigenvalue weighted by Crippen LogP contribution is 2.25. The molecule has 0 bridgehead atoms. The highest BCUT2D eigenvalue weighted by molar-refractivity contribution is 9.10. The summed E-state index contributed by atoms with van der Waals surface area (Å²) < 4.78 is 0.724. The molecule has 0 saturated carbocycles. The quantitative estimate of drug-likeness (QED) is 0.863. The van der Waals surface area contributed by atoms with Crippen molar-refractivity contribution in [3.8, 4) is 0 Å². The number of carboxylic acid groups (broad SMARTS) is 1. The van der Waals surface area contributed by atoms with Gasteiger partial charge in [-0.2, -0.15) is 0 Å². The molecule has 21 heavy (non-hydrogen) atoms. The van der Waals surface area contributed by atoms with Crippen LogP contribution < -0.4 is 5.32 Å². The molecule has 1 amide bonds. The zero-order valence-electron chi connectivity index (χ0n) is 10.9. The minimum absolute atomic E-state index is 0.0678. The molecule has 0 aliphatic rings. The number of anilines is 1. The molecule has 0 unspecified atom stereocenters. The standard InChI is InChI=1S/C14H10BrClN2O3/c1-7-9(14(20)21)3-5-12(17-7)13(19)18-8-2-4-10(15)11(16)6-8/h2-6H,1H3,(H,18,19)(H,20,21). The summed E-state index contributed by atoms with van der Waals surface area (Å²) in [4.78, 5) is 27.0. The Morgan fingerprint density at radius 3 is 2.57 bits per heavy atom. The van der Waals surface area contributed by atoms with Gasteiger partial charge < -0.3 is 10.4 Å². The van der Waals surface area contributed by atoms with E-state index in [-0.39, 0.29) is 17.0 Å². The van der Waals surface area contributed by atoms with E-state index in [4.69, 9.17) is 16.7 Å². The number of rotatable bonds is 3. The molecule has 0 saturated heterocycles. The molecule has 0 radical (unpaired) electrons. The first-order valence-corrected chi connectivity index (χ1v) is 7.03.